The molecule has 0 fully saturated rings. The maximum atomic E-state index is 15.2. The molecule has 0 nitrogen and oxygen atoms in total. The molecule has 0 amide bonds. The van der Waals surface area contributed by atoms with Crippen molar-refractivity contribution in [3.8, 4) is 0 Å². The summed E-state index contributed by atoms with van der Waals surface area (Å²) in [6, 6.07) is 12.7. The lowest BCUT2D eigenvalue weighted by Gasteiger charge is -2.34. The van der Waals surface area contributed by atoms with E-state index < -0.39 is 5.67 Å². The van der Waals surface area contributed by atoms with Gasteiger partial charge in [-0.2, -0.15) is 0 Å². The lowest BCUT2D eigenvalue weighted by molar-refractivity contribution is 0.133. The van der Waals surface area contributed by atoms with E-state index in [1.165, 1.54) is 12.1 Å². The molecular formula is C17H14F2. The van der Waals surface area contributed by atoms with E-state index in [1.54, 1.807) is 0 Å². The second-order valence-electron chi connectivity index (χ2n) is 5.69. The Kier molecular flexibility index (Phi) is 2.15. The van der Waals surface area contributed by atoms with Crippen LogP contribution in [0.25, 0.3) is 0 Å². The number of hydrogen-bond acceptors (Lipinski definition) is 0. The molecule has 2 aliphatic rings. The molecule has 2 atom stereocenters. The molecule has 0 saturated carbocycles. The van der Waals surface area contributed by atoms with E-state index in [-0.39, 0.29) is 11.7 Å². The summed E-state index contributed by atoms with van der Waals surface area (Å²) in [5.41, 5.74) is 2.82. The van der Waals surface area contributed by atoms with Crippen LogP contribution >= 0.6 is 0 Å². The van der Waals surface area contributed by atoms with Crippen LogP contribution in [0.15, 0.2) is 42.5 Å². The van der Waals surface area contributed by atoms with Crippen molar-refractivity contribution in [1.82, 2.24) is 0 Å². The molecule has 0 unspecified atom stereocenters. The van der Waals surface area contributed by atoms with Crippen molar-refractivity contribution in [3.05, 3.63) is 70.5 Å². The summed E-state index contributed by atoms with van der Waals surface area (Å²) in [5.74, 6) is -0.560. The maximum Gasteiger partial charge on any atom is 0.126 e. The van der Waals surface area contributed by atoms with Gasteiger partial charge in [0.2, 0.25) is 0 Å². The Morgan fingerprint density at radius 1 is 1.00 bits per heavy atom. The second kappa shape index (κ2) is 3.66. The minimum absolute atomic E-state index is 0.271. The summed E-state index contributed by atoms with van der Waals surface area (Å²) in [5, 5.41) is 0. The maximum absolute atomic E-state index is 15.2. The summed E-state index contributed by atoms with van der Waals surface area (Å²) < 4.78 is 28.8. The number of aryl methyl sites for hydroxylation is 1. The Morgan fingerprint density at radius 2 is 1.84 bits per heavy atom. The van der Waals surface area contributed by atoms with Crippen molar-refractivity contribution in [3.63, 3.8) is 0 Å². The molecule has 0 radical (unpaired) electrons. The third-order valence-corrected chi connectivity index (χ3v) is 4.60. The fraction of sp³-hybridized carbons (Fsp3) is 0.294. The molecule has 96 valence electrons. The van der Waals surface area contributed by atoms with Gasteiger partial charge in [-0.05, 0) is 47.2 Å². The number of benzene rings is 2. The quantitative estimate of drug-likeness (QED) is 0.663. The van der Waals surface area contributed by atoms with Crippen molar-refractivity contribution in [2.75, 3.05) is 0 Å². The van der Waals surface area contributed by atoms with Gasteiger partial charge in [-0.3, -0.25) is 0 Å². The first-order chi connectivity index (χ1) is 9.17. The Hall–Kier alpha value is -1.70. The van der Waals surface area contributed by atoms with Crippen LogP contribution in [-0.4, -0.2) is 5.67 Å². The third kappa shape index (κ3) is 1.49. The fourth-order valence-corrected chi connectivity index (χ4v) is 3.76. The zero-order valence-corrected chi connectivity index (χ0v) is 10.5. The van der Waals surface area contributed by atoms with Gasteiger partial charge >= 0.3 is 0 Å². The molecule has 0 heterocycles. The van der Waals surface area contributed by atoms with E-state index >= 15 is 4.39 Å². The van der Waals surface area contributed by atoms with Crippen LogP contribution in [0.3, 0.4) is 0 Å². The van der Waals surface area contributed by atoms with E-state index in [0.29, 0.717) is 19.3 Å². The third-order valence-electron chi connectivity index (χ3n) is 4.60. The van der Waals surface area contributed by atoms with E-state index in [1.807, 2.05) is 30.3 Å². The normalized spacial score (nSPS) is 27.6. The van der Waals surface area contributed by atoms with Gasteiger partial charge in [0.15, 0.2) is 0 Å². The van der Waals surface area contributed by atoms with E-state index in [0.717, 1.165) is 22.3 Å². The zero-order chi connectivity index (χ0) is 13.0. The highest BCUT2D eigenvalue weighted by Crippen LogP contribution is 2.53. The molecule has 2 heteroatoms. The SMILES string of the molecule is Fc1ccc2c(c1)[C@@H]1c3ccccc3C[C@]1(F)CC2. The van der Waals surface area contributed by atoms with Crippen LogP contribution in [0.1, 0.15) is 34.6 Å². The van der Waals surface area contributed by atoms with E-state index in [4.69, 9.17) is 0 Å². The largest absolute Gasteiger partial charge is 0.242 e. The molecule has 0 aliphatic heterocycles. The van der Waals surface area contributed by atoms with Gasteiger partial charge in [-0.1, -0.05) is 30.3 Å². The van der Waals surface area contributed by atoms with Crippen LogP contribution in [0, 0.1) is 5.82 Å². The van der Waals surface area contributed by atoms with Gasteiger partial charge in [0.25, 0.3) is 0 Å². The number of fused-ring (bicyclic) bond motifs is 5. The number of halogens is 2. The molecule has 0 spiro atoms. The molecule has 4 rings (SSSR count). The number of rotatable bonds is 0. The lowest BCUT2D eigenvalue weighted by atomic mass is 9.73. The van der Waals surface area contributed by atoms with Crippen molar-refractivity contribution in [2.24, 2.45) is 0 Å². The summed E-state index contributed by atoms with van der Waals surface area (Å²) >= 11 is 0. The Labute approximate surface area is 111 Å². The highest BCUT2D eigenvalue weighted by Gasteiger charge is 2.49. The predicted octanol–water partition coefficient (Wildman–Crippen LogP) is 4.17. The van der Waals surface area contributed by atoms with Gasteiger partial charge < -0.3 is 0 Å². The van der Waals surface area contributed by atoms with E-state index in [2.05, 4.69) is 0 Å². The Morgan fingerprint density at radius 3 is 2.74 bits per heavy atom. The minimum Gasteiger partial charge on any atom is -0.242 e. The number of hydrogen-bond donors (Lipinski definition) is 0. The standard InChI is InChI=1S/C17H14F2/c18-13-6-5-11-7-8-17(19)10-12-3-1-2-4-14(12)16(17)15(11)9-13/h1-6,9,16H,7-8,10H2/t16-,17+/m0/s1. The van der Waals surface area contributed by atoms with Crippen LogP contribution in [0.4, 0.5) is 8.78 Å². The van der Waals surface area contributed by atoms with Crippen molar-refractivity contribution >= 4 is 0 Å². The van der Waals surface area contributed by atoms with Gasteiger partial charge in [0.1, 0.15) is 11.5 Å². The molecule has 2 aliphatic carbocycles. The highest BCUT2D eigenvalue weighted by molar-refractivity contribution is 5.51. The van der Waals surface area contributed by atoms with Crippen LogP contribution in [-0.2, 0) is 12.8 Å². The average molecular weight is 256 g/mol. The molecule has 0 aromatic heterocycles. The first kappa shape index (κ1) is 11.2. The summed E-state index contributed by atoms with van der Waals surface area (Å²) in [4.78, 5) is 0. The number of alkyl halides is 1. The zero-order valence-electron chi connectivity index (χ0n) is 10.5. The molecule has 0 bridgehead atoms. The first-order valence-electron chi connectivity index (χ1n) is 6.72. The van der Waals surface area contributed by atoms with Crippen LogP contribution < -0.4 is 0 Å². The molecule has 2 aromatic rings. The summed E-state index contributed by atoms with van der Waals surface area (Å²) in [6.07, 6.45) is 1.70. The molecule has 19 heavy (non-hydrogen) atoms. The van der Waals surface area contributed by atoms with Gasteiger partial charge in [-0.15, -0.1) is 0 Å². The van der Waals surface area contributed by atoms with E-state index in [9.17, 15) is 4.39 Å². The van der Waals surface area contributed by atoms with Crippen molar-refractivity contribution in [1.29, 1.82) is 0 Å². The van der Waals surface area contributed by atoms with Crippen molar-refractivity contribution < 1.29 is 8.78 Å². The summed E-state index contributed by atoms with van der Waals surface area (Å²) in [6.45, 7) is 0. The second-order valence-corrected chi connectivity index (χ2v) is 5.69. The first-order valence-corrected chi connectivity index (χ1v) is 6.72. The van der Waals surface area contributed by atoms with Crippen LogP contribution in [0.5, 0.6) is 0 Å². The Bertz CT molecular complexity index is 662. The molecular weight excluding hydrogens is 242 g/mol. The minimum atomic E-state index is -1.23. The van der Waals surface area contributed by atoms with Gasteiger partial charge in [0, 0.05) is 12.3 Å². The van der Waals surface area contributed by atoms with Gasteiger partial charge in [-0.25, -0.2) is 8.78 Å². The topological polar surface area (TPSA) is 0 Å². The predicted molar refractivity (Wildman–Crippen MR) is 70.5 cm³/mol. The molecule has 2 aromatic carbocycles. The Balaban J connectivity index is 1.97. The smallest absolute Gasteiger partial charge is 0.126 e. The summed E-state index contributed by atoms with van der Waals surface area (Å²) in [7, 11) is 0. The highest BCUT2D eigenvalue weighted by atomic mass is 19.1. The molecule has 0 N–H and O–H groups in total. The van der Waals surface area contributed by atoms with Crippen molar-refractivity contribution in [2.45, 2.75) is 30.8 Å². The fourth-order valence-electron chi connectivity index (χ4n) is 3.76. The molecule has 0 saturated heterocycles. The average Bonchev–Trinajstić information content (AvgIpc) is 2.71. The van der Waals surface area contributed by atoms with Gasteiger partial charge in [0.05, 0.1) is 0 Å². The van der Waals surface area contributed by atoms with Crippen LogP contribution in [0.2, 0.25) is 0 Å². The lowest BCUT2D eigenvalue weighted by Crippen LogP contribution is -2.34. The monoisotopic (exact) mass is 256 g/mol.